The molecule has 27 heavy (non-hydrogen) atoms. The number of benzene rings is 2. The van der Waals surface area contributed by atoms with Crippen molar-refractivity contribution in [3.8, 4) is 11.8 Å². The average Bonchev–Trinajstić information content (AvgIpc) is 2.74. The lowest BCUT2D eigenvalue weighted by Crippen LogP contribution is -2.50. The number of amides is 1. The van der Waals surface area contributed by atoms with Gasteiger partial charge in [-0.2, -0.15) is 0 Å². The number of hydrogen-bond donors (Lipinski definition) is 0. The lowest BCUT2D eigenvalue weighted by atomic mass is 10.1. The van der Waals surface area contributed by atoms with Gasteiger partial charge in [-0.25, -0.2) is 0 Å². The number of piperazine rings is 1. The first-order valence-corrected chi connectivity index (χ1v) is 9.84. The molecular formula is C24H30N2O. The van der Waals surface area contributed by atoms with E-state index in [0.29, 0.717) is 6.04 Å². The summed E-state index contributed by atoms with van der Waals surface area (Å²) in [6, 6.07) is 18.1. The van der Waals surface area contributed by atoms with E-state index in [-0.39, 0.29) is 5.91 Å². The number of rotatable bonds is 2. The molecule has 1 aliphatic heterocycles. The molecule has 1 heterocycles. The zero-order valence-electron chi connectivity index (χ0n) is 16.9. The Morgan fingerprint density at radius 1 is 0.815 bits per heavy atom. The molecule has 0 spiro atoms. The van der Waals surface area contributed by atoms with Crippen molar-refractivity contribution in [3.63, 3.8) is 0 Å². The number of hydrogen-bond acceptors (Lipinski definition) is 2. The normalized spacial score (nSPS) is 14.0. The van der Waals surface area contributed by atoms with Gasteiger partial charge in [0.15, 0.2) is 0 Å². The van der Waals surface area contributed by atoms with Crippen molar-refractivity contribution in [3.05, 3.63) is 71.3 Å². The molecule has 0 unspecified atom stereocenters. The molecule has 1 aliphatic rings. The maximum atomic E-state index is 12.6. The first-order valence-electron chi connectivity index (χ1n) is 9.84. The van der Waals surface area contributed by atoms with E-state index in [0.717, 1.165) is 42.9 Å². The van der Waals surface area contributed by atoms with Gasteiger partial charge in [-0.3, -0.25) is 9.69 Å². The van der Waals surface area contributed by atoms with Crippen LogP contribution < -0.4 is 0 Å². The van der Waals surface area contributed by atoms with Crippen molar-refractivity contribution >= 4 is 5.91 Å². The van der Waals surface area contributed by atoms with Crippen LogP contribution in [0.15, 0.2) is 54.6 Å². The molecule has 0 bridgehead atoms. The largest absolute Gasteiger partial charge is 0.336 e. The van der Waals surface area contributed by atoms with Crippen LogP contribution in [0.3, 0.4) is 0 Å². The molecule has 0 aromatic heterocycles. The summed E-state index contributed by atoms with van der Waals surface area (Å²) in [5.74, 6) is 6.40. The highest BCUT2D eigenvalue weighted by atomic mass is 16.2. The van der Waals surface area contributed by atoms with Crippen molar-refractivity contribution in [1.29, 1.82) is 0 Å². The Morgan fingerprint density at radius 2 is 1.33 bits per heavy atom. The summed E-state index contributed by atoms with van der Waals surface area (Å²) in [6.45, 7) is 11.9. The van der Waals surface area contributed by atoms with Crippen LogP contribution in [0.25, 0.3) is 0 Å². The van der Waals surface area contributed by atoms with Gasteiger partial charge in [0.25, 0.3) is 5.91 Å². The Morgan fingerprint density at radius 3 is 1.85 bits per heavy atom. The lowest BCUT2D eigenvalue weighted by Gasteiger charge is -2.37. The predicted octanol–water partition coefficient (Wildman–Crippen LogP) is 4.28. The highest BCUT2D eigenvalue weighted by Gasteiger charge is 2.23. The molecular weight excluding hydrogens is 332 g/mol. The molecule has 1 amide bonds. The molecule has 1 fully saturated rings. The zero-order chi connectivity index (χ0) is 19.6. The fraction of sp³-hybridized carbons (Fsp3) is 0.375. The van der Waals surface area contributed by atoms with Gasteiger partial charge in [0.05, 0.1) is 0 Å². The predicted molar refractivity (Wildman–Crippen MR) is 113 cm³/mol. The van der Waals surface area contributed by atoms with Gasteiger partial charge in [-0.1, -0.05) is 43.9 Å². The Bertz CT molecular complexity index is 762. The molecule has 3 nitrogen and oxygen atoms in total. The molecule has 3 heteroatoms. The average molecular weight is 363 g/mol. The molecule has 0 radical (unpaired) electrons. The van der Waals surface area contributed by atoms with Gasteiger partial charge in [-0.05, 0) is 50.2 Å². The summed E-state index contributed by atoms with van der Waals surface area (Å²) in [7, 11) is 0. The van der Waals surface area contributed by atoms with Crippen molar-refractivity contribution in [2.24, 2.45) is 0 Å². The molecule has 0 aliphatic carbocycles. The summed E-state index contributed by atoms with van der Waals surface area (Å²) in [6.07, 6.45) is 0. The van der Waals surface area contributed by atoms with Crippen molar-refractivity contribution in [2.75, 3.05) is 26.2 Å². The minimum absolute atomic E-state index is 0.117. The van der Waals surface area contributed by atoms with E-state index in [9.17, 15) is 4.79 Å². The monoisotopic (exact) mass is 362 g/mol. The standard InChI is InChI=1S/C22H24N2O.C2H6/c1-18(2)23-14-16-24(17-15-23)22(25)21-12-10-20(11-13-21)9-8-19-6-4-3-5-7-19;1-2/h3-7,10-13,18H,14-17H2,1-2H3;1-2H3. The first kappa shape index (κ1) is 20.7. The maximum absolute atomic E-state index is 12.6. The molecule has 0 atom stereocenters. The lowest BCUT2D eigenvalue weighted by molar-refractivity contribution is 0.0595. The Labute approximate surface area is 164 Å². The van der Waals surface area contributed by atoms with Crippen LogP contribution >= 0.6 is 0 Å². The van der Waals surface area contributed by atoms with Gasteiger partial charge in [0.1, 0.15) is 0 Å². The van der Waals surface area contributed by atoms with E-state index in [1.807, 2.05) is 73.3 Å². The van der Waals surface area contributed by atoms with Gasteiger partial charge in [-0.15, -0.1) is 0 Å². The maximum Gasteiger partial charge on any atom is 0.253 e. The molecule has 0 N–H and O–H groups in total. The fourth-order valence-electron chi connectivity index (χ4n) is 2.99. The number of nitrogens with zero attached hydrogens (tertiary/aromatic N) is 2. The van der Waals surface area contributed by atoms with Crippen LogP contribution in [0.5, 0.6) is 0 Å². The summed E-state index contributed by atoms with van der Waals surface area (Å²) >= 11 is 0. The SMILES string of the molecule is CC.CC(C)N1CCN(C(=O)c2ccc(C#Cc3ccccc3)cc2)CC1. The molecule has 142 valence electrons. The van der Waals surface area contributed by atoms with Crippen molar-refractivity contribution in [1.82, 2.24) is 9.80 Å². The summed E-state index contributed by atoms with van der Waals surface area (Å²) in [4.78, 5) is 17.0. The van der Waals surface area contributed by atoms with Crippen LogP contribution in [0, 0.1) is 11.8 Å². The molecule has 3 rings (SSSR count). The second kappa shape index (κ2) is 10.5. The molecule has 1 saturated heterocycles. The second-order valence-electron chi connectivity index (χ2n) is 6.62. The second-order valence-corrected chi connectivity index (χ2v) is 6.62. The molecule has 0 saturated carbocycles. The van der Waals surface area contributed by atoms with E-state index >= 15 is 0 Å². The Hall–Kier alpha value is -2.57. The van der Waals surface area contributed by atoms with Crippen LogP contribution in [0.2, 0.25) is 0 Å². The van der Waals surface area contributed by atoms with Crippen LogP contribution in [0.1, 0.15) is 49.2 Å². The summed E-state index contributed by atoms with van der Waals surface area (Å²) in [5, 5.41) is 0. The smallest absolute Gasteiger partial charge is 0.253 e. The Balaban J connectivity index is 0.00000126. The summed E-state index contributed by atoms with van der Waals surface area (Å²) in [5.41, 5.74) is 2.65. The van der Waals surface area contributed by atoms with Crippen LogP contribution in [0.4, 0.5) is 0 Å². The van der Waals surface area contributed by atoms with Crippen molar-refractivity contribution < 1.29 is 4.79 Å². The zero-order valence-corrected chi connectivity index (χ0v) is 16.9. The van der Waals surface area contributed by atoms with Gasteiger partial charge in [0.2, 0.25) is 0 Å². The fourth-order valence-corrected chi connectivity index (χ4v) is 2.99. The van der Waals surface area contributed by atoms with Crippen LogP contribution in [-0.4, -0.2) is 47.9 Å². The third-order valence-electron chi connectivity index (χ3n) is 4.59. The van der Waals surface area contributed by atoms with Gasteiger partial charge < -0.3 is 4.90 Å². The van der Waals surface area contributed by atoms with Gasteiger partial charge >= 0.3 is 0 Å². The van der Waals surface area contributed by atoms with Crippen molar-refractivity contribution in [2.45, 2.75) is 33.7 Å². The molecule has 2 aromatic carbocycles. The molecule has 2 aromatic rings. The topological polar surface area (TPSA) is 23.6 Å². The van der Waals surface area contributed by atoms with E-state index in [4.69, 9.17) is 0 Å². The highest BCUT2D eigenvalue weighted by molar-refractivity contribution is 5.94. The minimum atomic E-state index is 0.117. The minimum Gasteiger partial charge on any atom is -0.336 e. The van der Waals surface area contributed by atoms with E-state index < -0.39 is 0 Å². The van der Waals surface area contributed by atoms with Crippen LogP contribution in [-0.2, 0) is 0 Å². The quantitative estimate of drug-likeness (QED) is 0.745. The van der Waals surface area contributed by atoms with E-state index in [2.05, 4.69) is 30.6 Å². The third-order valence-corrected chi connectivity index (χ3v) is 4.59. The number of carbonyl (C=O) groups excluding carboxylic acids is 1. The van der Waals surface area contributed by atoms with E-state index in [1.165, 1.54) is 0 Å². The van der Waals surface area contributed by atoms with Gasteiger partial charge in [0, 0.05) is 48.9 Å². The highest BCUT2D eigenvalue weighted by Crippen LogP contribution is 2.12. The Kier molecular flexibility index (Phi) is 8.10. The third kappa shape index (κ3) is 5.98. The summed E-state index contributed by atoms with van der Waals surface area (Å²) < 4.78 is 0. The first-order chi connectivity index (χ1) is 13.1. The van der Waals surface area contributed by atoms with E-state index in [1.54, 1.807) is 0 Å². The number of carbonyl (C=O) groups is 1.